The third kappa shape index (κ3) is 4.32. The van der Waals surface area contributed by atoms with E-state index in [-0.39, 0.29) is 18.6 Å². The molecule has 0 heterocycles. The Kier molecular flexibility index (Phi) is 5.96. The summed E-state index contributed by atoms with van der Waals surface area (Å²) in [4.78, 5) is 24.6. The van der Waals surface area contributed by atoms with Crippen molar-refractivity contribution in [2.24, 2.45) is 5.92 Å². The van der Waals surface area contributed by atoms with E-state index in [4.69, 9.17) is 5.21 Å². The van der Waals surface area contributed by atoms with Crippen molar-refractivity contribution in [1.82, 2.24) is 10.8 Å². The summed E-state index contributed by atoms with van der Waals surface area (Å²) >= 11 is 0. The van der Waals surface area contributed by atoms with Gasteiger partial charge in [-0.15, -0.1) is 0 Å². The van der Waals surface area contributed by atoms with Crippen LogP contribution in [0.1, 0.15) is 34.7 Å². The van der Waals surface area contributed by atoms with Crippen LogP contribution in [0.5, 0.6) is 5.75 Å². The number of aromatic hydroxyl groups is 1. The minimum Gasteiger partial charge on any atom is -0.508 e. The second-order valence-electron chi connectivity index (χ2n) is 7.22. The van der Waals surface area contributed by atoms with E-state index in [0.717, 1.165) is 11.1 Å². The first-order valence-electron chi connectivity index (χ1n) is 9.16. The van der Waals surface area contributed by atoms with Crippen molar-refractivity contribution in [2.45, 2.75) is 38.3 Å². The van der Waals surface area contributed by atoms with E-state index in [0.29, 0.717) is 17.5 Å². The van der Waals surface area contributed by atoms with Gasteiger partial charge in [0.05, 0.1) is 18.1 Å². The van der Waals surface area contributed by atoms with Crippen LogP contribution in [0, 0.1) is 12.8 Å². The molecule has 0 saturated carbocycles. The highest BCUT2D eigenvalue weighted by Crippen LogP contribution is 2.32. The predicted molar refractivity (Wildman–Crippen MR) is 102 cm³/mol. The van der Waals surface area contributed by atoms with Gasteiger partial charge in [0.1, 0.15) is 5.75 Å². The number of phenols is 1. The number of aliphatic hydroxyl groups is 1. The van der Waals surface area contributed by atoms with Gasteiger partial charge in [0.2, 0.25) is 11.8 Å². The zero-order valence-electron chi connectivity index (χ0n) is 15.6. The highest BCUT2D eigenvalue weighted by atomic mass is 16.5. The number of phenolic OH excluding ortho intramolecular Hbond substituents is 1. The number of aryl methyl sites for hydroxylation is 1. The van der Waals surface area contributed by atoms with E-state index in [1.807, 2.05) is 24.3 Å². The molecule has 0 bridgehead atoms. The van der Waals surface area contributed by atoms with Crippen molar-refractivity contribution in [3.8, 4) is 5.75 Å². The van der Waals surface area contributed by atoms with Gasteiger partial charge in [-0.1, -0.05) is 36.4 Å². The molecule has 7 nitrogen and oxygen atoms in total. The number of nitrogens with one attached hydrogen (secondary N) is 2. The van der Waals surface area contributed by atoms with Gasteiger partial charge < -0.3 is 15.5 Å². The normalized spacial score (nSPS) is 19.0. The molecule has 0 aliphatic heterocycles. The van der Waals surface area contributed by atoms with Crippen molar-refractivity contribution >= 4 is 11.8 Å². The lowest BCUT2D eigenvalue weighted by atomic mass is 9.93. The zero-order chi connectivity index (χ0) is 20.3. The molecular weight excluding hydrogens is 360 g/mol. The van der Waals surface area contributed by atoms with Crippen molar-refractivity contribution < 1.29 is 25.0 Å². The number of hydrogen-bond donors (Lipinski definition) is 5. The topological polar surface area (TPSA) is 119 Å². The summed E-state index contributed by atoms with van der Waals surface area (Å²) in [6.07, 6.45) is -0.301. The summed E-state index contributed by atoms with van der Waals surface area (Å²) in [6, 6.07) is 12.0. The highest BCUT2D eigenvalue weighted by Gasteiger charge is 2.34. The Hall–Kier alpha value is -2.90. The maximum atomic E-state index is 12.9. The van der Waals surface area contributed by atoms with Crippen molar-refractivity contribution in [1.29, 1.82) is 0 Å². The predicted octanol–water partition coefficient (Wildman–Crippen LogP) is 1.53. The fourth-order valence-corrected chi connectivity index (χ4v) is 3.61. The Balaban J connectivity index is 1.78. The van der Waals surface area contributed by atoms with Gasteiger partial charge in [0, 0.05) is 12.8 Å². The molecule has 1 aliphatic carbocycles. The quantitative estimate of drug-likeness (QED) is 0.382. The third-order valence-electron chi connectivity index (χ3n) is 5.18. The van der Waals surface area contributed by atoms with Crippen molar-refractivity contribution in [2.75, 3.05) is 0 Å². The number of hydrogen-bond acceptors (Lipinski definition) is 5. The SMILES string of the molecule is Cc1ccc(CC(CC(=O)NO)C(=O)NC2c3ccccc3CC2O)cc1O. The van der Waals surface area contributed by atoms with Crippen LogP contribution in [0.15, 0.2) is 42.5 Å². The molecule has 2 amide bonds. The van der Waals surface area contributed by atoms with Crippen LogP contribution < -0.4 is 10.8 Å². The lowest BCUT2D eigenvalue weighted by Crippen LogP contribution is -2.40. The van der Waals surface area contributed by atoms with Crippen LogP contribution >= 0.6 is 0 Å². The number of carbonyl (C=O) groups excluding carboxylic acids is 2. The molecule has 0 spiro atoms. The summed E-state index contributed by atoms with van der Waals surface area (Å²) in [6.45, 7) is 1.77. The van der Waals surface area contributed by atoms with Crippen LogP contribution in [0.2, 0.25) is 0 Å². The van der Waals surface area contributed by atoms with Crippen LogP contribution in [0.3, 0.4) is 0 Å². The molecule has 5 N–H and O–H groups in total. The van der Waals surface area contributed by atoms with Gasteiger partial charge in [-0.05, 0) is 41.7 Å². The second-order valence-corrected chi connectivity index (χ2v) is 7.22. The van der Waals surface area contributed by atoms with Gasteiger partial charge in [-0.2, -0.15) is 0 Å². The maximum Gasteiger partial charge on any atom is 0.244 e. The molecule has 3 unspecified atom stereocenters. The lowest BCUT2D eigenvalue weighted by Gasteiger charge is -2.22. The zero-order valence-corrected chi connectivity index (χ0v) is 15.6. The Morgan fingerprint density at radius 2 is 1.96 bits per heavy atom. The number of hydroxylamine groups is 1. The molecule has 7 heteroatoms. The third-order valence-corrected chi connectivity index (χ3v) is 5.18. The molecule has 0 saturated heterocycles. The molecule has 148 valence electrons. The molecule has 2 aromatic rings. The average Bonchev–Trinajstić information content (AvgIpc) is 2.99. The van der Waals surface area contributed by atoms with E-state index in [2.05, 4.69) is 5.32 Å². The number of carbonyl (C=O) groups is 2. The number of rotatable bonds is 6. The second kappa shape index (κ2) is 8.41. The van der Waals surface area contributed by atoms with Gasteiger partial charge in [-0.3, -0.25) is 14.8 Å². The molecule has 3 atom stereocenters. The van der Waals surface area contributed by atoms with Gasteiger partial charge in [-0.25, -0.2) is 5.48 Å². The summed E-state index contributed by atoms with van der Waals surface area (Å²) in [5.41, 5.74) is 4.81. The van der Waals surface area contributed by atoms with Gasteiger partial charge in [0.15, 0.2) is 0 Å². The lowest BCUT2D eigenvalue weighted by molar-refractivity contribution is -0.135. The van der Waals surface area contributed by atoms with Gasteiger partial charge >= 0.3 is 0 Å². The van der Waals surface area contributed by atoms with E-state index in [1.54, 1.807) is 30.6 Å². The van der Waals surface area contributed by atoms with Gasteiger partial charge in [0.25, 0.3) is 0 Å². The van der Waals surface area contributed by atoms with E-state index in [1.165, 1.54) is 0 Å². The average molecular weight is 384 g/mol. The number of fused-ring (bicyclic) bond motifs is 1. The van der Waals surface area contributed by atoms with Crippen LogP contribution in [-0.4, -0.2) is 33.3 Å². The monoisotopic (exact) mass is 384 g/mol. The molecule has 2 aromatic carbocycles. The van der Waals surface area contributed by atoms with Crippen LogP contribution in [-0.2, 0) is 22.4 Å². The molecular formula is C21H24N2O5. The minimum atomic E-state index is -0.769. The molecule has 28 heavy (non-hydrogen) atoms. The van der Waals surface area contributed by atoms with Crippen LogP contribution in [0.25, 0.3) is 0 Å². The minimum absolute atomic E-state index is 0.114. The number of aliphatic hydroxyl groups excluding tert-OH is 1. The van der Waals surface area contributed by atoms with Crippen molar-refractivity contribution in [3.05, 3.63) is 64.7 Å². The van der Waals surface area contributed by atoms with E-state index < -0.39 is 29.9 Å². The molecule has 0 fully saturated rings. The Morgan fingerprint density at radius 1 is 1.21 bits per heavy atom. The maximum absolute atomic E-state index is 12.9. The molecule has 0 aromatic heterocycles. The Morgan fingerprint density at radius 3 is 2.68 bits per heavy atom. The standard InChI is InChI=1S/C21H24N2O5/c1-12-6-7-13(9-17(12)24)8-15(11-19(26)23-28)21(27)22-20-16-5-3-2-4-14(16)10-18(20)25/h2-7,9,15,18,20,24-25,28H,8,10-11H2,1H3,(H,22,27)(H,23,26). The number of amides is 2. The number of benzene rings is 2. The van der Waals surface area contributed by atoms with Crippen LogP contribution in [0.4, 0.5) is 0 Å². The first kappa shape index (κ1) is 19.9. The van der Waals surface area contributed by atoms with Crippen molar-refractivity contribution in [3.63, 3.8) is 0 Å². The molecule has 1 aliphatic rings. The smallest absolute Gasteiger partial charge is 0.244 e. The molecule has 0 radical (unpaired) electrons. The largest absolute Gasteiger partial charge is 0.508 e. The first-order chi connectivity index (χ1) is 13.4. The summed E-state index contributed by atoms with van der Waals surface area (Å²) < 4.78 is 0. The first-order valence-corrected chi connectivity index (χ1v) is 9.16. The molecule has 3 rings (SSSR count). The summed E-state index contributed by atoms with van der Waals surface area (Å²) in [7, 11) is 0. The fourth-order valence-electron chi connectivity index (χ4n) is 3.61. The Labute approximate surface area is 163 Å². The summed E-state index contributed by atoms with van der Waals surface area (Å²) in [5.74, 6) is -1.73. The Bertz CT molecular complexity index is 883. The van der Waals surface area contributed by atoms with E-state index in [9.17, 15) is 19.8 Å². The summed E-state index contributed by atoms with van der Waals surface area (Å²) in [5, 5.41) is 32.0. The van der Waals surface area contributed by atoms with E-state index >= 15 is 0 Å². The highest BCUT2D eigenvalue weighted by molar-refractivity contribution is 5.86. The fraction of sp³-hybridized carbons (Fsp3) is 0.333.